The number of carbonyl (C=O) groups excluding carboxylic acids is 1. The third kappa shape index (κ3) is 4.95. The number of hydrogen-bond donors (Lipinski definition) is 4. The van der Waals surface area contributed by atoms with E-state index in [0.717, 1.165) is 16.9 Å². The van der Waals surface area contributed by atoms with Crippen molar-refractivity contribution < 1.29 is 4.79 Å². The van der Waals surface area contributed by atoms with Gasteiger partial charge in [0.2, 0.25) is 5.91 Å². The maximum atomic E-state index is 12.6. The fraction of sp³-hybridized carbons (Fsp3) is 0.250. The van der Waals surface area contributed by atoms with Gasteiger partial charge in [0.25, 0.3) is 0 Å². The van der Waals surface area contributed by atoms with Crippen LogP contribution in [0.1, 0.15) is 48.2 Å². The Morgan fingerprint density at radius 1 is 1.03 bits per heavy atom. The first-order chi connectivity index (χ1) is 15.0. The van der Waals surface area contributed by atoms with Crippen molar-refractivity contribution in [1.82, 2.24) is 15.3 Å². The predicted molar refractivity (Wildman–Crippen MR) is 127 cm³/mol. The second kappa shape index (κ2) is 9.32. The van der Waals surface area contributed by atoms with Crippen LogP contribution in [0.5, 0.6) is 0 Å². The number of rotatable bonds is 8. The minimum atomic E-state index is -0.265. The van der Waals surface area contributed by atoms with Gasteiger partial charge >= 0.3 is 5.69 Å². The first kappa shape index (κ1) is 21.1. The zero-order chi connectivity index (χ0) is 21.8. The molecule has 2 aromatic heterocycles. The number of benzene rings is 2. The van der Waals surface area contributed by atoms with E-state index < -0.39 is 0 Å². The molecular weight excluding hydrogens is 408 g/mol. The van der Waals surface area contributed by atoms with Crippen LogP contribution in [0, 0.1) is 0 Å². The van der Waals surface area contributed by atoms with E-state index in [0.29, 0.717) is 22.6 Å². The topological polar surface area (TPSA) is 89.8 Å². The van der Waals surface area contributed by atoms with Gasteiger partial charge in [-0.25, -0.2) is 4.79 Å². The molecule has 4 N–H and O–H groups in total. The number of thiophene rings is 1. The molecule has 2 heterocycles. The smallest absolute Gasteiger partial charge is 0.323 e. The van der Waals surface area contributed by atoms with Gasteiger partial charge in [-0.2, -0.15) is 0 Å². The van der Waals surface area contributed by atoms with Crippen LogP contribution in [0.25, 0.3) is 11.0 Å². The quantitative estimate of drug-likeness (QED) is 0.323. The summed E-state index contributed by atoms with van der Waals surface area (Å²) in [4.78, 5) is 30.6. The molecule has 4 aromatic rings. The molecule has 0 aliphatic rings. The van der Waals surface area contributed by atoms with Crippen molar-refractivity contribution >= 4 is 34.0 Å². The molecule has 0 saturated carbocycles. The SMILES string of the molecule is CC[C@H](C)c1ccc([C@H](NCC(=O)Nc2ccc3[nH]c(=O)[nH]c3c2)c2cccs2)cc1. The molecule has 0 bridgehead atoms. The molecule has 0 aliphatic carbocycles. The number of aromatic amines is 2. The lowest BCUT2D eigenvalue weighted by Crippen LogP contribution is -2.31. The average Bonchev–Trinajstić information content (AvgIpc) is 3.42. The normalized spacial score (nSPS) is 13.2. The zero-order valence-corrected chi connectivity index (χ0v) is 18.4. The summed E-state index contributed by atoms with van der Waals surface area (Å²) in [6.07, 6.45) is 1.11. The van der Waals surface area contributed by atoms with Crippen LogP contribution < -0.4 is 16.3 Å². The minimum absolute atomic E-state index is 0.0553. The van der Waals surface area contributed by atoms with Gasteiger partial charge in [0, 0.05) is 10.6 Å². The highest BCUT2D eigenvalue weighted by molar-refractivity contribution is 7.10. The Kier molecular flexibility index (Phi) is 6.34. The highest BCUT2D eigenvalue weighted by Crippen LogP contribution is 2.28. The number of anilines is 1. The van der Waals surface area contributed by atoms with Gasteiger partial charge in [0.15, 0.2) is 0 Å². The third-order valence-electron chi connectivity index (χ3n) is 5.55. The van der Waals surface area contributed by atoms with Crippen molar-refractivity contribution in [2.24, 2.45) is 0 Å². The molecule has 160 valence electrons. The summed E-state index contributed by atoms with van der Waals surface area (Å²) in [5.41, 5.74) is 4.20. The van der Waals surface area contributed by atoms with Crippen molar-refractivity contribution in [1.29, 1.82) is 0 Å². The van der Waals surface area contributed by atoms with Gasteiger partial charge in [0.05, 0.1) is 23.6 Å². The predicted octanol–water partition coefficient (Wildman–Crippen LogP) is 4.75. The van der Waals surface area contributed by atoms with E-state index in [9.17, 15) is 9.59 Å². The van der Waals surface area contributed by atoms with Crippen LogP contribution >= 0.6 is 11.3 Å². The van der Waals surface area contributed by atoms with E-state index in [2.05, 4.69) is 64.8 Å². The van der Waals surface area contributed by atoms with E-state index in [1.807, 2.05) is 11.4 Å². The Bertz CT molecular complexity index is 1210. The molecule has 0 aliphatic heterocycles. The molecule has 31 heavy (non-hydrogen) atoms. The molecule has 0 fully saturated rings. The fourth-order valence-corrected chi connectivity index (χ4v) is 4.43. The van der Waals surface area contributed by atoms with Crippen molar-refractivity contribution in [2.45, 2.75) is 32.2 Å². The van der Waals surface area contributed by atoms with Gasteiger partial charge in [0.1, 0.15) is 0 Å². The zero-order valence-electron chi connectivity index (χ0n) is 17.6. The van der Waals surface area contributed by atoms with E-state index in [-0.39, 0.29) is 24.2 Å². The number of H-pyrrole nitrogens is 2. The molecule has 2 atom stereocenters. The molecule has 7 heteroatoms. The third-order valence-corrected chi connectivity index (χ3v) is 6.48. The molecule has 0 spiro atoms. The molecule has 1 amide bonds. The number of nitrogens with one attached hydrogen (secondary N) is 4. The lowest BCUT2D eigenvalue weighted by Gasteiger charge is -2.19. The molecule has 6 nitrogen and oxygen atoms in total. The van der Waals surface area contributed by atoms with E-state index in [1.165, 1.54) is 5.56 Å². The number of carbonyl (C=O) groups is 1. The first-order valence-electron chi connectivity index (χ1n) is 10.4. The highest BCUT2D eigenvalue weighted by atomic mass is 32.1. The minimum Gasteiger partial charge on any atom is -0.325 e. The monoisotopic (exact) mass is 434 g/mol. The second-order valence-corrected chi connectivity index (χ2v) is 8.67. The van der Waals surface area contributed by atoms with Gasteiger partial charge in [-0.1, -0.05) is 44.2 Å². The number of hydrogen-bond acceptors (Lipinski definition) is 4. The number of fused-ring (bicyclic) bond motifs is 1. The largest absolute Gasteiger partial charge is 0.325 e. The summed E-state index contributed by atoms with van der Waals surface area (Å²) in [5, 5.41) is 8.34. The van der Waals surface area contributed by atoms with Crippen LogP contribution in [0.15, 0.2) is 64.8 Å². The van der Waals surface area contributed by atoms with Crippen LogP contribution in [-0.2, 0) is 4.79 Å². The Labute approximate surface area is 184 Å². The molecule has 2 aromatic carbocycles. The summed E-state index contributed by atoms with van der Waals surface area (Å²) < 4.78 is 0. The summed E-state index contributed by atoms with van der Waals surface area (Å²) >= 11 is 1.67. The van der Waals surface area contributed by atoms with Gasteiger partial charge in [-0.15, -0.1) is 11.3 Å². The highest BCUT2D eigenvalue weighted by Gasteiger charge is 2.17. The summed E-state index contributed by atoms with van der Waals surface area (Å²) in [5.74, 6) is 0.385. The van der Waals surface area contributed by atoms with Gasteiger partial charge < -0.3 is 15.3 Å². The Morgan fingerprint density at radius 2 is 1.77 bits per heavy atom. The Hall–Kier alpha value is -3.16. The van der Waals surface area contributed by atoms with E-state index >= 15 is 0 Å². The first-order valence-corrected chi connectivity index (χ1v) is 11.3. The van der Waals surface area contributed by atoms with Crippen molar-refractivity contribution in [3.05, 3.63) is 86.5 Å². The molecule has 0 radical (unpaired) electrons. The lowest BCUT2D eigenvalue weighted by molar-refractivity contribution is -0.115. The Balaban J connectivity index is 1.45. The number of amides is 1. The average molecular weight is 435 g/mol. The van der Waals surface area contributed by atoms with Gasteiger partial charge in [-0.3, -0.25) is 10.1 Å². The van der Waals surface area contributed by atoms with Crippen LogP contribution in [0.2, 0.25) is 0 Å². The van der Waals surface area contributed by atoms with Gasteiger partial charge in [-0.05, 0) is 53.1 Å². The molecule has 0 saturated heterocycles. The van der Waals surface area contributed by atoms with Crippen LogP contribution in [-0.4, -0.2) is 22.4 Å². The van der Waals surface area contributed by atoms with E-state index in [4.69, 9.17) is 0 Å². The van der Waals surface area contributed by atoms with E-state index in [1.54, 1.807) is 29.5 Å². The summed E-state index contributed by atoms with van der Waals surface area (Å²) in [7, 11) is 0. The molecule has 4 rings (SSSR count). The number of aromatic nitrogens is 2. The van der Waals surface area contributed by atoms with Crippen LogP contribution in [0.3, 0.4) is 0 Å². The summed E-state index contributed by atoms with van der Waals surface area (Å²) in [6, 6.07) is 18.0. The second-order valence-electron chi connectivity index (χ2n) is 7.69. The van der Waals surface area contributed by atoms with Crippen molar-refractivity contribution in [3.63, 3.8) is 0 Å². The Morgan fingerprint density at radius 3 is 2.48 bits per heavy atom. The standard InChI is InChI=1S/C24H26N4O2S/c1-3-15(2)16-6-8-17(9-7-16)23(21-5-4-12-31-21)25-14-22(29)26-18-10-11-19-20(13-18)28-24(30)27-19/h4-13,15,23,25H,3,14H2,1-2H3,(H,26,29)(H2,27,28,30)/t15-,23-/m0/s1. The maximum Gasteiger partial charge on any atom is 0.323 e. The summed E-state index contributed by atoms with van der Waals surface area (Å²) in [6.45, 7) is 4.59. The van der Waals surface area contributed by atoms with Crippen molar-refractivity contribution in [3.8, 4) is 0 Å². The fourth-order valence-electron chi connectivity index (χ4n) is 3.60. The van der Waals surface area contributed by atoms with Crippen molar-refractivity contribution in [2.75, 3.05) is 11.9 Å². The number of imidazole rings is 1. The van der Waals surface area contributed by atoms with Crippen LogP contribution in [0.4, 0.5) is 5.69 Å². The maximum absolute atomic E-state index is 12.6. The lowest BCUT2D eigenvalue weighted by atomic mass is 9.95. The molecule has 0 unspecified atom stereocenters. The molecular formula is C24H26N4O2S.